The summed E-state index contributed by atoms with van der Waals surface area (Å²) in [6.07, 6.45) is 3.63. The summed E-state index contributed by atoms with van der Waals surface area (Å²) in [7, 11) is 0. The van der Waals surface area contributed by atoms with Crippen molar-refractivity contribution in [3.8, 4) is 0 Å². The number of halogens is 1. The predicted octanol–water partition coefficient (Wildman–Crippen LogP) is 2.79. The Kier molecular flexibility index (Phi) is 4.69. The van der Waals surface area contributed by atoms with Gasteiger partial charge in [-0.05, 0) is 30.3 Å². The SMILES string of the molecule is O=C(CCCl)Nc1ccc(Nc2ncccn2)cc1. The maximum absolute atomic E-state index is 11.4. The van der Waals surface area contributed by atoms with Crippen molar-refractivity contribution in [2.24, 2.45) is 0 Å². The van der Waals surface area contributed by atoms with Gasteiger partial charge in [-0.25, -0.2) is 9.97 Å². The lowest BCUT2D eigenvalue weighted by Crippen LogP contribution is -2.11. The number of alkyl halides is 1. The third-order valence-electron chi connectivity index (χ3n) is 2.31. The zero-order chi connectivity index (χ0) is 13.5. The molecule has 1 heterocycles. The molecule has 98 valence electrons. The molecule has 0 spiro atoms. The van der Waals surface area contributed by atoms with Gasteiger partial charge in [0.15, 0.2) is 0 Å². The minimum Gasteiger partial charge on any atom is -0.326 e. The number of carbonyl (C=O) groups is 1. The number of nitrogens with one attached hydrogen (secondary N) is 2. The molecular formula is C13H13ClN4O. The molecule has 0 unspecified atom stereocenters. The lowest BCUT2D eigenvalue weighted by atomic mass is 10.2. The molecule has 6 heteroatoms. The van der Waals surface area contributed by atoms with Crippen LogP contribution in [0, 0.1) is 0 Å². The number of anilines is 3. The fraction of sp³-hybridized carbons (Fsp3) is 0.154. The Labute approximate surface area is 116 Å². The summed E-state index contributed by atoms with van der Waals surface area (Å²) in [4.78, 5) is 19.5. The molecule has 0 aliphatic carbocycles. The van der Waals surface area contributed by atoms with Crippen LogP contribution in [0.25, 0.3) is 0 Å². The van der Waals surface area contributed by atoms with Crippen LogP contribution in [0.2, 0.25) is 0 Å². The summed E-state index contributed by atoms with van der Waals surface area (Å²) in [6.45, 7) is 0. The molecule has 1 amide bonds. The summed E-state index contributed by atoms with van der Waals surface area (Å²) < 4.78 is 0. The van der Waals surface area contributed by atoms with Gasteiger partial charge in [-0.15, -0.1) is 11.6 Å². The second kappa shape index (κ2) is 6.70. The average molecular weight is 277 g/mol. The second-order valence-electron chi connectivity index (χ2n) is 3.76. The maximum atomic E-state index is 11.4. The van der Waals surface area contributed by atoms with Gasteiger partial charge in [0.1, 0.15) is 0 Å². The Hall–Kier alpha value is -2.14. The van der Waals surface area contributed by atoms with Crippen LogP contribution in [-0.2, 0) is 4.79 Å². The predicted molar refractivity (Wildman–Crippen MR) is 75.7 cm³/mol. The fourth-order valence-corrected chi connectivity index (χ4v) is 1.61. The maximum Gasteiger partial charge on any atom is 0.227 e. The quantitative estimate of drug-likeness (QED) is 0.824. The van der Waals surface area contributed by atoms with Crippen molar-refractivity contribution in [3.63, 3.8) is 0 Å². The van der Waals surface area contributed by atoms with E-state index in [9.17, 15) is 4.79 Å². The summed E-state index contributed by atoms with van der Waals surface area (Å²) >= 11 is 5.49. The Morgan fingerprint density at radius 1 is 1.11 bits per heavy atom. The summed E-state index contributed by atoms with van der Waals surface area (Å²) in [5.74, 6) is 0.750. The zero-order valence-corrected chi connectivity index (χ0v) is 10.9. The minimum absolute atomic E-state index is 0.0953. The highest BCUT2D eigenvalue weighted by Gasteiger charge is 2.01. The Bertz CT molecular complexity index is 530. The Balaban J connectivity index is 1.97. The van der Waals surface area contributed by atoms with Gasteiger partial charge < -0.3 is 10.6 Å². The number of nitrogens with zero attached hydrogens (tertiary/aromatic N) is 2. The molecule has 0 saturated carbocycles. The third kappa shape index (κ3) is 4.22. The van der Waals surface area contributed by atoms with E-state index in [1.807, 2.05) is 12.1 Å². The number of aromatic nitrogens is 2. The molecule has 0 bridgehead atoms. The molecule has 2 rings (SSSR count). The first-order valence-corrected chi connectivity index (χ1v) is 6.31. The van der Waals surface area contributed by atoms with Gasteiger partial charge in [-0.2, -0.15) is 0 Å². The number of carbonyl (C=O) groups excluding carboxylic acids is 1. The van der Waals surface area contributed by atoms with E-state index < -0.39 is 0 Å². The van der Waals surface area contributed by atoms with Crippen molar-refractivity contribution in [2.75, 3.05) is 16.5 Å². The summed E-state index contributed by atoms with van der Waals surface area (Å²) in [5, 5.41) is 5.81. The van der Waals surface area contributed by atoms with Gasteiger partial charge >= 0.3 is 0 Å². The van der Waals surface area contributed by atoms with E-state index in [2.05, 4.69) is 20.6 Å². The van der Waals surface area contributed by atoms with E-state index in [-0.39, 0.29) is 5.91 Å². The van der Waals surface area contributed by atoms with Crippen LogP contribution in [-0.4, -0.2) is 21.8 Å². The Morgan fingerprint density at radius 3 is 2.37 bits per heavy atom. The minimum atomic E-state index is -0.0953. The lowest BCUT2D eigenvalue weighted by molar-refractivity contribution is -0.115. The van der Waals surface area contributed by atoms with Crippen LogP contribution >= 0.6 is 11.6 Å². The van der Waals surface area contributed by atoms with Crippen LogP contribution < -0.4 is 10.6 Å². The molecular weight excluding hydrogens is 264 g/mol. The van der Waals surface area contributed by atoms with Gasteiger partial charge in [-0.1, -0.05) is 0 Å². The summed E-state index contributed by atoms with van der Waals surface area (Å²) in [5.41, 5.74) is 1.58. The van der Waals surface area contributed by atoms with Gasteiger partial charge in [0.2, 0.25) is 11.9 Å². The third-order valence-corrected chi connectivity index (χ3v) is 2.50. The molecule has 0 atom stereocenters. The van der Waals surface area contributed by atoms with Gasteiger partial charge in [0.25, 0.3) is 0 Å². The van der Waals surface area contributed by atoms with Gasteiger partial charge in [-0.3, -0.25) is 4.79 Å². The zero-order valence-electron chi connectivity index (χ0n) is 10.1. The highest BCUT2D eigenvalue weighted by Crippen LogP contribution is 2.16. The van der Waals surface area contributed by atoms with Crippen molar-refractivity contribution < 1.29 is 4.79 Å². The highest BCUT2D eigenvalue weighted by molar-refractivity contribution is 6.19. The number of hydrogen-bond acceptors (Lipinski definition) is 4. The molecule has 19 heavy (non-hydrogen) atoms. The lowest BCUT2D eigenvalue weighted by Gasteiger charge is -2.07. The number of hydrogen-bond donors (Lipinski definition) is 2. The van der Waals surface area contributed by atoms with Gasteiger partial charge in [0, 0.05) is 36.1 Å². The van der Waals surface area contributed by atoms with Crippen LogP contribution in [0.4, 0.5) is 17.3 Å². The normalized spacial score (nSPS) is 9.95. The first kappa shape index (κ1) is 13.3. The van der Waals surface area contributed by atoms with Crippen molar-refractivity contribution in [2.45, 2.75) is 6.42 Å². The monoisotopic (exact) mass is 276 g/mol. The van der Waals surface area contributed by atoms with E-state index in [1.54, 1.807) is 30.6 Å². The molecule has 0 saturated heterocycles. The first-order valence-electron chi connectivity index (χ1n) is 5.78. The van der Waals surface area contributed by atoms with Crippen LogP contribution in [0.5, 0.6) is 0 Å². The van der Waals surface area contributed by atoms with Crippen LogP contribution in [0.15, 0.2) is 42.7 Å². The largest absolute Gasteiger partial charge is 0.326 e. The Morgan fingerprint density at radius 2 is 1.74 bits per heavy atom. The van der Waals surface area contributed by atoms with Crippen LogP contribution in [0.3, 0.4) is 0 Å². The van der Waals surface area contributed by atoms with E-state index >= 15 is 0 Å². The molecule has 0 fully saturated rings. The average Bonchev–Trinajstić information content (AvgIpc) is 2.42. The molecule has 0 radical (unpaired) electrons. The summed E-state index contributed by atoms with van der Waals surface area (Å²) in [6, 6.07) is 9.04. The smallest absolute Gasteiger partial charge is 0.227 e. The number of amides is 1. The molecule has 2 N–H and O–H groups in total. The van der Waals surface area contributed by atoms with Crippen molar-refractivity contribution in [1.29, 1.82) is 0 Å². The molecule has 2 aromatic rings. The topological polar surface area (TPSA) is 66.9 Å². The van der Waals surface area contributed by atoms with E-state index in [0.29, 0.717) is 18.2 Å². The molecule has 0 aliphatic rings. The highest BCUT2D eigenvalue weighted by atomic mass is 35.5. The van der Waals surface area contributed by atoms with Crippen molar-refractivity contribution in [3.05, 3.63) is 42.7 Å². The fourth-order valence-electron chi connectivity index (χ4n) is 1.44. The van der Waals surface area contributed by atoms with Crippen molar-refractivity contribution >= 4 is 34.8 Å². The number of benzene rings is 1. The molecule has 1 aromatic heterocycles. The number of rotatable bonds is 5. The van der Waals surface area contributed by atoms with E-state index in [0.717, 1.165) is 11.4 Å². The molecule has 0 aliphatic heterocycles. The molecule has 5 nitrogen and oxygen atoms in total. The van der Waals surface area contributed by atoms with E-state index in [1.165, 1.54) is 0 Å². The molecule has 1 aromatic carbocycles. The standard InChI is InChI=1S/C13H13ClN4O/c14-7-6-12(19)17-10-2-4-11(5-3-10)18-13-15-8-1-9-16-13/h1-5,8-9H,6-7H2,(H,17,19)(H,15,16,18). The van der Waals surface area contributed by atoms with E-state index in [4.69, 9.17) is 11.6 Å². The first-order chi connectivity index (χ1) is 9.28. The van der Waals surface area contributed by atoms with Crippen LogP contribution in [0.1, 0.15) is 6.42 Å². The van der Waals surface area contributed by atoms with Crippen molar-refractivity contribution in [1.82, 2.24) is 9.97 Å². The second-order valence-corrected chi connectivity index (χ2v) is 4.14. The van der Waals surface area contributed by atoms with Gasteiger partial charge in [0.05, 0.1) is 0 Å².